The van der Waals surface area contributed by atoms with Gasteiger partial charge in [0.05, 0.1) is 6.33 Å². The molecule has 4 nitrogen and oxygen atoms in total. The fourth-order valence-electron chi connectivity index (χ4n) is 0.599. The summed E-state index contributed by atoms with van der Waals surface area (Å²) in [4.78, 5) is 14.1. The molecule has 6 heteroatoms. The van der Waals surface area contributed by atoms with Crippen LogP contribution in [0, 0.1) is 0 Å². The maximum absolute atomic E-state index is 10.2. The van der Waals surface area contributed by atoms with Crippen molar-refractivity contribution in [3.05, 3.63) is 15.5 Å². The van der Waals surface area contributed by atoms with Crippen molar-refractivity contribution < 1.29 is 9.90 Å². The standard InChI is InChI=1S/C5H4Br2N2O2/c6-4-5(7)9(2-8-4)1-3(10)11/h2H,1H2,(H,10,11). The molecule has 1 rings (SSSR count). The Morgan fingerprint density at radius 1 is 1.73 bits per heavy atom. The van der Waals surface area contributed by atoms with Crippen molar-refractivity contribution in [2.45, 2.75) is 6.54 Å². The third-order valence-corrected chi connectivity index (χ3v) is 2.98. The number of imidazole rings is 1. The van der Waals surface area contributed by atoms with Gasteiger partial charge in [0.2, 0.25) is 0 Å². The number of aromatic nitrogens is 2. The van der Waals surface area contributed by atoms with Gasteiger partial charge in [0.25, 0.3) is 0 Å². The van der Waals surface area contributed by atoms with Crippen LogP contribution in [0.25, 0.3) is 0 Å². The molecule has 1 heterocycles. The van der Waals surface area contributed by atoms with Crippen molar-refractivity contribution in [2.24, 2.45) is 0 Å². The fraction of sp³-hybridized carbons (Fsp3) is 0.200. The first-order valence-corrected chi connectivity index (χ1v) is 4.28. The van der Waals surface area contributed by atoms with Crippen LogP contribution in [0.4, 0.5) is 0 Å². The van der Waals surface area contributed by atoms with E-state index in [0.717, 1.165) is 0 Å². The molecule has 0 spiro atoms. The number of nitrogens with zero attached hydrogens (tertiary/aromatic N) is 2. The summed E-state index contributed by atoms with van der Waals surface area (Å²) in [5, 5.41) is 8.42. The molecule has 0 bridgehead atoms. The summed E-state index contributed by atoms with van der Waals surface area (Å²) in [7, 11) is 0. The average molecular weight is 284 g/mol. The highest BCUT2D eigenvalue weighted by atomic mass is 79.9. The summed E-state index contributed by atoms with van der Waals surface area (Å²) in [6.07, 6.45) is 1.45. The van der Waals surface area contributed by atoms with Crippen LogP contribution in [-0.4, -0.2) is 20.6 Å². The molecule has 0 atom stereocenters. The Bertz CT molecular complexity index is 284. The molecule has 11 heavy (non-hydrogen) atoms. The van der Waals surface area contributed by atoms with Gasteiger partial charge in [-0.3, -0.25) is 4.79 Å². The van der Waals surface area contributed by atoms with Gasteiger partial charge >= 0.3 is 5.97 Å². The SMILES string of the molecule is O=C(O)Cn1cnc(Br)c1Br. The lowest BCUT2D eigenvalue weighted by Gasteiger charge is -1.97. The molecule has 0 aliphatic heterocycles. The molecular formula is C5H4Br2N2O2. The van der Waals surface area contributed by atoms with Crippen molar-refractivity contribution in [1.82, 2.24) is 9.55 Å². The second-order valence-electron chi connectivity index (χ2n) is 1.85. The highest BCUT2D eigenvalue weighted by Crippen LogP contribution is 2.20. The van der Waals surface area contributed by atoms with Crippen molar-refractivity contribution in [3.8, 4) is 0 Å². The zero-order valence-electron chi connectivity index (χ0n) is 5.29. The van der Waals surface area contributed by atoms with Crippen LogP contribution in [0.3, 0.4) is 0 Å². The summed E-state index contributed by atoms with van der Waals surface area (Å²) in [6.45, 7) is -0.0841. The monoisotopic (exact) mass is 282 g/mol. The van der Waals surface area contributed by atoms with Gasteiger partial charge in [-0.05, 0) is 31.9 Å². The van der Waals surface area contributed by atoms with Crippen LogP contribution in [-0.2, 0) is 11.3 Å². The molecule has 1 aromatic rings. The summed E-state index contributed by atoms with van der Waals surface area (Å²) >= 11 is 6.30. The van der Waals surface area contributed by atoms with E-state index in [1.165, 1.54) is 10.9 Å². The number of halogens is 2. The van der Waals surface area contributed by atoms with E-state index in [9.17, 15) is 4.79 Å². The Labute approximate surface area is 79.5 Å². The van der Waals surface area contributed by atoms with Gasteiger partial charge < -0.3 is 9.67 Å². The van der Waals surface area contributed by atoms with E-state index >= 15 is 0 Å². The number of carboxylic acid groups (broad SMARTS) is 1. The van der Waals surface area contributed by atoms with E-state index < -0.39 is 5.97 Å². The Balaban J connectivity index is 2.87. The van der Waals surface area contributed by atoms with Crippen LogP contribution < -0.4 is 0 Å². The first-order chi connectivity index (χ1) is 5.11. The Kier molecular flexibility index (Phi) is 2.67. The van der Waals surface area contributed by atoms with Crippen LogP contribution >= 0.6 is 31.9 Å². The summed E-state index contributed by atoms with van der Waals surface area (Å²) < 4.78 is 2.73. The smallest absolute Gasteiger partial charge is 0.323 e. The second kappa shape index (κ2) is 3.36. The topological polar surface area (TPSA) is 55.1 Å². The molecule has 0 saturated carbocycles. The first kappa shape index (κ1) is 8.73. The normalized spacial score (nSPS) is 10.0. The van der Waals surface area contributed by atoms with E-state index in [-0.39, 0.29) is 6.54 Å². The van der Waals surface area contributed by atoms with Gasteiger partial charge in [-0.25, -0.2) is 4.98 Å². The molecule has 0 aliphatic carbocycles. The van der Waals surface area contributed by atoms with Gasteiger partial charge in [0.1, 0.15) is 15.8 Å². The first-order valence-electron chi connectivity index (χ1n) is 2.69. The summed E-state index contributed by atoms with van der Waals surface area (Å²) in [5.74, 6) is -0.893. The minimum absolute atomic E-state index is 0.0841. The molecule has 0 aliphatic rings. The van der Waals surface area contributed by atoms with E-state index in [0.29, 0.717) is 9.21 Å². The number of rotatable bonds is 2. The molecule has 1 N–H and O–H groups in total. The Hall–Kier alpha value is -0.360. The minimum Gasteiger partial charge on any atom is -0.480 e. The molecule has 0 amide bonds. The van der Waals surface area contributed by atoms with Gasteiger partial charge in [-0.2, -0.15) is 0 Å². The summed E-state index contributed by atoms with van der Waals surface area (Å²) in [6, 6.07) is 0. The fourth-order valence-corrected chi connectivity index (χ4v) is 1.24. The van der Waals surface area contributed by atoms with Gasteiger partial charge in [0, 0.05) is 0 Å². The lowest BCUT2D eigenvalue weighted by molar-refractivity contribution is -0.137. The van der Waals surface area contributed by atoms with Crippen LogP contribution in [0.5, 0.6) is 0 Å². The zero-order chi connectivity index (χ0) is 8.43. The van der Waals surface area contributed by atoms with Crippen LogP contribution in [0.1, 0.15) is 0 Å². The number of carboxylic acids is 1. The number of hydrogen-bond acceptors (Lipinski definition) is 2. The quantitative estimate of drug-likeness (QED) is 0.895. The number of carbonyl (C=O) groups is 1. The van der Waals surface area contributed by atoms with E-state index in [1.807, 2.05) is 0 Å². The number of hydrogen-bond donors (Lipinski definition) is 1. The predicted octanol–water partition coefficient (Wildman–Crippen LogP) is 1.49. The Morgan fingerprint density at radius 3 is 2.73 bits per heavy atom. The van der Waals surface area contributed by atoms with Crippen LogP contribution in [0.2, 0.25) is 0 Å². The molecule has 0 saturated heterocycles. The largest absolute Gasteiger partial charge is 0.480 e. The zero-order valence-corrected chi connectivity index (χ0v) is 8.46. The molecule has 0 aromatic carbocycles. The molecule has 0 fully saturated rings. The molecule has 0 unspecified atom stereocenters. The van der Waals surface area contributed by atoms with E-state index in [4.69, 9.17) is 5.11 Å². The lowest BCUT2D eigenvalue weighted by Crippen LogP contribution is -2.07. The summed E-state index contributed by atoms with van der Waals surface area (Å²) in [5.41, 5.74) is 0. The van der Waals surface area contributed by atoms with Gasteiger partial charge in [-0.15, -0.1) is 0 Å². The maximum Gasteiger partial charge on any atom is 0.323 e. The highest BCUT2D eigenvalue weighted by Gasteiger charge is 2.06. The van der Waals surface area contributed by atoms with Crippen molar-refractivity contribution in [2.75, 3.05) is 0 Å². The Morgan fingerprint density at radius 2 is 2.36 bits per heavy atom. The molecular weight excluding hydrogens is 280 g/mol. The van der Waals surface area contributed by atoms with E-state index in [1.54, 1.807) is 0 Å². The van der Waals surface area contributed by atoms with Gasteiger partial charge in [-0.1, -0.05) is 0 Å². The van der Waals surface area contributed by atoms with Gasteiger partial charge in [0.15, 0.2) is 0 Å². The van der Waals surface area contributed by atoms with Crippen molar-refractivity contribution >= 4 is 37.8 Å². The van der Waals surface area contributed by atoms with Crippen LogP contribution in [0.15, 0.2) is 15.5 Å². The highest BCUT2D eigenvalue weighted by molar-refractivity contribution is 9.13. The molecule has 0 radical (unpaired) electrons. The third-order valence-electron chi connectivity index (χ3n) is 1.04. The average Bonchev–Trinajstić information content (AvgIpc) is 2.18. The van der Waals surface area contributed by atoms with E-state index in [2.05, 4.69) is 36.8 Å². The van der Waals surface area contributed by atoms with Crippen molar-refractivity contribution in [1.29, 1.82) is 0 Å². The molecule has 1 aromatic heterocycles. The second-order valence-corrected chi connectivity index (χ2v) is 3.35. The number of aliphatic carboxylic acids is 1. The third kappa shape index (κ3) is 2.03. The van der Waals surface area contributed by atoms with Crippen molar-refractivity contribution in [3.63, 3.8) is 0 Å². The minimum atomic E-state index is -0.893. The predicted molar refractivity (Wildman–Crippen MR) is 45.3 cm³/mol. The molecule has 60 valence electrons. The maximum atomic E-state index is 10.2. The lowest BCUT2D eigenvalue weighted by atomic mass is 10.6.